The van der Waals surface area contributed by atoms with E-state index < -0.39 is 6.03 Å². The summed E-state index contributed by atoms with van der Waals surface area (Å²) < 4.78 is 21.0. The number of nitriles is 2. The fourth-order valence-electron chi connectivity index (χ4n) is 3.57. The Hall–Kier alpha value is -2.64. The SMILES string of the molecule is CCn1c2c(sc1=S)C=[N+]1C(C#N)=C(C#N)[N+]3=Cc4sc(=S)n(CC)c4OC13O2. The first-order chi connectivity index (χ1) is 14.0. The summed E-state index contributed by atoms with van der Waals surface area (Å²) in [4.78, 5) is 1.53. The van der Waals surface area contributed by atoms with Crippen molar-refractivity contribution in [1.82, 2.24) is 9.13 Å². The minimum Gasteiger partial charge on any atom is -0.323 e. The van der Waals surface area contributed by atoms with Gasteiger partial charge < -0.3 is 9.47 Å². The molecule has 1 spiro atoms. The Morgan fingerprint density at radius 1 is 0.931 bits per heavy atom. The van der Waals surface area contributed by atoms with E-state index in [1.165, 1.54) is 22.7 Å². The fourth-order valence-corrected chi connectivity index (χ4v) is 6.35. The molecule has 29 heavy (non-hydrogen) atoms. The molecule has 144 valence electrons. The van der Waals surface area contributed by atoms with Gasteiger partial charge in [0, 0.05) is 13.1 Å². The lowest BCUT2D eigenvalue weighted by molar-refractivity contribution is -0.848. The Kier molecular flexibility index (Phi) is 3.92. The van der Waals surface area contributed by atoms with E-state index in [0.29, 0.717) is 32.8 Å². The average Bonchev–Trinajstić information content (AvgIpc) is 3.27. The molecule has 0 N–H and O–H groups in total. The topological polar surface area (TPSA) is 81.9 Å². The fraction of sp³-hybridized carbons (Fsp3) is 0.294. The van der Waals surface area contributed by atoms with Crippen LogP contribution in [0.15, 0.2) is 11.4 Å². The van der Waals surface area contributed by atoms with Gasteiger partial charge in [-0.15, -0.1) is 0 Å². The van der Waals surface area contributed by atoms with Crippen molar-refractivity contribution in [3.8, 4) is 23.9 Å². The van der Waals surface area contributed by atoms with Crippen LogP contribution in [0.1, 0.15) is 23.6 Å². The summed E-state index contributed by atoms with van der Waals surface area (Å²) in [6.45, 7) is 5.19. The van der Waals surface area contributed by atoms with Crippen LogP contribution in [0.25, 0.3) is 0 Å². The minimum absolute atomic E-state index is 0.147. The van der Waals surface area contributed by atoms with Gasteiger partial charge in [-0.25, -0.2) is 0 Å². The van der Waals surface area contributed by atoms with E-state index in [4.69, 9.17) is 33.9 Å². The summed E-state index contributed by atoms with van der Waals surface area (Å²) in [5, 5.41) is 19.6. The number of nitrogens with zero attached hydrogens (tertiary/aromatic N) is 6. The zero-order valence-corrected chi connectivity index (χ0v) is 18.5. The Bertz CT molecular complexity index is 1290. The summed E-state index contributed by atoms with van der Waals surface area (Å²) in [6.07, 6.45) is 3.52. The van der Waals surface area contributed by atoms with Gasteiger partial charge in [-0.05, 0) is 47.4 Å². The van der Waals surface area contributed by atoms with E-state index in [9.17, 15) is 10.5 Å². The Morgan fingerprint density at radius 2 is 1.34 bits per heavy atom. The van der Waals surface area contributed by atoms with Crippen molar-refractivity contribution in [2.75, 3.05) is 0 Å². The van der Waals surface area contributed by atoms with Crippen LogP contribution in [0.5, 0.6) is 11.8 Å². The van der Waals surface area contributed by atoms with Crippen molar-refractivity contribution >= 4 is 59.5 Å². The molecule has 0 aromatic carbocycles. The minimum atomic E-state index is -1.56. The van der Waals surface area contributed by atoms with Crippen LogP contribution in [0.3, 0.4) is 0 Å². The maximum atomic E-state index is 9.80. The number of fused-ring (bicyclic) bond motifs is 2. The van der Waals surface area contributed by atoms with Crippen molar-refractivity contribution in [3.63, 3.8) is 0 Å². The van der Waals surface area contributed by atoms with Crippen molar-refractivity contribution in [1.29, 1.82) is 10.5 Å². The average molecular weight is 461 g/mol. The summed E-state index contributed by atoms with van der Waals surface area (Å²) in [5.74, 6) is 1.10. The quantitative estimate of drug-likeness (QED) is 0.506. The molecule has 0 bridgehead atoms. The van der Waals surface area contributed by atoms with Gasteiger partial charge in [0.2, 0.25) is 24.2 Å². The highest BCUT2D eigenvalue weighted by Gasteiger charge is 2.75. The third-order valence-corrected chi connectivity index (χ3v) is 7.59. The summed E-state index contributed by atoms with van der Waals surface area (Å²) in [7, 11) is 0. The molecule has 0 saturated heterocycles. The van der Waals surface area contributed by atoms with E-state index in [2.05, 4.69) is 12.1 Å². The maximum absolute atomic E-state index is 9.80. The largest absolute Gasteiger partial charge is 0.718 e. The zero-order chi connectivity index (χ0) is 20.5. The van der Waals surface area contributed by atoms with Gasteiger partial charge in [0.25, 0.3) is 0 Å². The van der Waals surface area contributed by atoms with Crippen molar-refractivity contribution in [2.24, 2.45) is 0 Å². The third kappa shape index (κ3) is 2.20. The highest BCUT2D eigenvalue weighted by molar-refractivity contribution is 7.73. The molecule has 2 aromatic heterocycles. The number of aromatic nitrogens is 2. The molecule has 12 heteroatoms. The van der Waals surface area contributed by atoms with Gasteiger partial charge in [0.05, 0.1) is 0 Å². The van der Waals surface area contributed by atoms with E-state index in [0.717, 1.165) is 9.75 Å². The van der Waals surface area contributed by atoms with Gasteiger partial charge in [-0.3, -0.25) is 9.13 Å². The molecule has 0 fully saturated rings. The monoisotopic (exact) mass is 460 g/mol. The standard InChI is InChI=1S/C17H12N6O2S4/c1-3-20-13-11(28-15(20)26)7-22-9(5-18)10(6-19)23-8-12-14(25-17(22,23)24-13)21(4-2)16(27)29-12/h7-8H,3-4H2,1-2H3/q+2. The molecular formula is C17H12N6O2S4+2. The van der Waals surface area contributed by atoms with Crippen molar-refractivity contribution < 1.29 is 18.6 Å². The lowest BCUT2D eigenvalue weighted by Gasteiger charge is -2.25. The molecule has 3 aliphatic heterocycles. The van der Waals surface area contributed by atoms with Gasteiger partial charge >= 0.3 is 17.4 Å². The zero-order valence-electron chi connectivity index (χ0n) is 15.2. The van der Waals surface area contributed by atoms with Crippen LogP contribution in [-0.2, 0) is 13.1 Å². The number of rotatable bonds is 2. The highest BCUT2D eigenvalue weighted by atomic mass is 32.2. The molecule has 0 aliphatic carbocycles. The van der Waals surface area contributed by atoms with E-state index >= 15 is 0 Å². The normalized spacial score (nSPS) is 17.5. The third-order valence-electron chi connectivity index (χ3n) is 4.86. The van der Waals surface area contributed by atoms with E-state index in [-0.39, 0.29) is 11.4 Å². The summed E-state index contributed by atoms with van der Waals surface area (Å²) in [5.41, 5.74) is 0.294. The Balaban J connectivity index is 1.85. The molecule has 0 saturated carbocycles. The van der Waals surface area contributed by atoms with E-state index in [1.54, 1.807) is 21.6 Å². The number of hydrogen-bond donors (Lipinski definition) is 0. The highest BCUT2D eigenvalue weighted by Crippen LogP contribution is 2.44. The lowest BCUT2D eigenvalue weighted by atomic mass is 10.3. The Morgan fingerprint density at radius 3 is 1.69 bits per heavy atom. The van der Waals surface area contributed by atoms with Crippen LogP contribution in [0.2, 0.25) is 0 Å². The maximum Gasteiger partial charge on any atom is 0.718 e. The molecule has 5 heterocycles. The second-order valence-corrected chi connectivity index (χ2v) is 9.59. The first-order valence-electron chi connectivity index (χ1n) is 8.67. The molecule has 0 radical (unpaired) electrons. The van der Waals surface area contributed by atoms with E-state index in [1.807, 2.05) is 23.0 Å². The smallest absolute Gasteiger partial charge is 0.323 e. The first-order valence-corrected chi connectivity index (χ1v) is 11.1. The van der Waals surface area contributed by atoms with Gasteiger partial charge in [0.15, 0.2) is 29.8 Å². The molecule has 5 rings (SSSR count). The molecule has 3 aliphatic rings. The number of hydrogen-bond acceptors (Lipinski definition) is 8. The molecule has 8 nitrogen and oxygen atoms in total. The van der Waals surface area contributed by atoms with Crippen molar-refractivity contribution in [2.45, 2.75) is 33.0 Å². The van der Waals surface area contributed by atoms with Crippen molar-refractivity contribution in [3.05, 3.63) is 29.1 Å². The molecule has 2 aromatic rings. The van der Waals surface area contributed by atoms with Gasteiger partial charge in [-0.1, -0.05) is 22.7 Å². The molecule has 0 amide bonds. The predicted octanol–water partition coefficient (Wildman–Crippen LogP) is 3.14. The predicted molar refractivity (Wildman–Crippen MR) is 111 cm³/mol. The summed E-state index contributed by atoms with van der Waals surface area (Å²) in [6, 6.07) is 2.68. The van der Waals surface area contributed by atoms with Gasteiger partial charge in [0.1, 0.15) is 0 Å². The van der Waals surface area contributed by atoms with Crippen LogP contribution < -0.4 is 9.47 Å². The lowest BCUT2D eigenvalue weighted by Crippen LogP contribution is -2.60. The molecule has 0 unspecified atom stereocenters. The summed E-state index contributed by atoms with van der Waals surface area (Å²) >= 11 is 13.7. The van der Waals surface area contributed by atoms with Crippen LogP contribution >= 0.6 is 47.1 Å². The Labute approximate surface area is 183 Å². The molecule has 0 atom stereocenters. The van der Waals surface area contributed by atoms with Crippen LogP contribution in [0, 0.1) is 30.6 Å². The molecular weight excluding hydrogens is 448 g/mol. The number of allylic oxidation sites excluding steroid dienone is 2. The van der Waals surface area contributed by atoms with Gasteiger partial charge in [-0.2, -0.15) is 10.5 Å². The van der Waals surface area contributed by atoms with Crippen LogP contribution in [-0.4, -0.2) is 36.7 Å². The first kappa shape index (κ1) is 18.4. The second-order valence-electron chi connectivity index (χ2n) is 6.23. The number of thiazole rings is 2. The second kappa shape index (κ2) is 6.18. The van der Waals surface area contributed by atoms with Crippen LogP contribution in [0.4, 0.5) is 0 Å². The number of ether oxygens (including phenoxy) is 2.